The van der Waals surface area contributed by atoms with Gasteiger partial charge in [-0.25, -0.2) is 4.68 Å². The van der Waals surface area contributed by atoms with Crippen LogP contribution < -0.4 is 10.9 Å². The molecule has 0 aliphatic heterocycles. The third-order valence-corrected chi connectivity index (χ3v) is 3.98. The van der Waals surface area contributed by atoms with Crippen molar-refractivity contribution in [3.8, 4) is 0 Å². The molecule has 19 heavy (non-hydrogen) atoms. The molecule has 8 heteroatoms. The van der Waals surface area contributed by atoms with Crippen molar-refractivity contribution in [2.75, 3.05) is 11.9 Å². The second-order valence-corrected chi connectivity index (χ2v) is 5.86. The predicted molar refractivity (Wildman–Crippen MR) is 77.2 cm³/mol. The van der Waals surface area contributed by atoms with Crippen LogP contribution in [0.4, 0.5) is 5.69 Å². The van der Waals surface area contributed by atoms with Gasteiger partial charge in [0.15, 0.2) is 0 Å². The first-order chi connectivity index (χ1) is 9.11. The van der Waals surface area contributed by atoms with Crippen molar-refractivity contribution in [2.45, 2.75) is 13.1 Å². The normalized spacial score (nSPS) is 10.7. The zero-order valence-electron chi connectivity index (χ0n) is 9.77. The quantitative estimate of drug-likeness (QED) is 0.886. The minimum absolute atomic E-state index is 0.0612. The Bertz CT molecular complexity index is 627. The van der Waals surface area contributed by atoms with Gasteiger partial charge in [0.25, 0.3) is 5.56 Å². The van der Waals surface area contributed by atoms with Crippen molar-refractivity contribution in [2.24, 2.45) is 0 Å². The van der Waals surface area contributed by atoms with Crippen molar-refractivity contribution >= 4 is 40.2 Å². The third kappa shape index (κ3) is 3.48. The van der Waals surface area contributed by atoms with Crippen LogP contribution in [0.15, 0.2) is 23.1 Å². The number of aromatic nitrogens is 2. The highest BCUT2D eigenvalue weighted by Crippen LogP contribution is 2.23. The topological polar surface area (TPSA) is 67.2 Å². The first-order valence-electron chi connectivity index (χ1n) is 5.46. The van der Waals surface area contributed by atoms with Gasteiger partial charge in [0.1, 0.15) is 5.02 Å². The molecule has 0 radical (unpaired) electrons. The van der Waals surface area contributed by atoms with Crippen LogP contribution in [-0.2, 0) is 13.1 Å². The maximum Gasteiger partial charge on any atom is 0.287 e. The number of hydrogen-bond donors (Lipinski definition) is 2. The standard InChI is InChI=1S/C11H11Cl2N3O2S/c12-9-2-1-7(19-9)5-14-8-6-15-16(3-4-17)11(18)10(8)13/h1-2,6,14,17H,3-5H2. The van der Waals surface area contributed by atoms with E-state index in [1.165, 1.54) is 17.5 Å². The van der Waals surface area contributed by atoms with E-state index in [1.807, 2.05) is 12.1 Å². The summed E-state index contributed by atoms with van der Waals surface area (Å²) in [6, 6.07) is 3.70. The second-order valence-electron chi connectivity index (χ2n) is 3.68. The summed E-state index contributed by atoms with van der Waals surface area (Å²) in [4.78, 5) is 12.8. The molecule has 0 aliphatic rings. The van der Waals surface area contributed by atoms with Gasteiger partial charge in [-0.1, -0.05) is 23.2 Å². The molecule has 0 amide bonds. The highest BCUT2D eigenvalue weighted by Gasteiger charge is 2.09. The molecule has 0 unspecified atom stereocenters. The lowest BCUT2D eigenvalue weighted by molar-refractivity contribution is 0.266. The highest BCUT2D eigenvalue weighted by molar-refractivity contribution is 7.16. The van der Waals surface area contributed by atoms with Gasteiger partial charge >= 0.3 is 0 Å². The van der Waals surface area contributed by atoms with Gasteiger partial charge < -0.3 is 10.4 Å². The summed E-state index contributed by atoms with van der Waals surface area (Å²) in [5.74, 6) is 0. The fourth-order valence-electron chi connectivity index (χ4n) is 1.47. The van der Waals surface area contributed by atoms with Gasteiger partial charge in [0, 0.05) is 11.4 Å². The molecule has 0 spiro atoms. The molecule has 0 aliphatic carbocycles. The van der Waals surface area contributed by atoms with Crippen LogP contribution >= 0.6 is 34.5 Å². The van der Waals surface area contributed by atoms with E-state index in [1.54, 1.807) is 0 Å². The Kier molecular flexibility index (Phi) is 4.81. The van der Waals surface area contributed by atoms with Crippen molar-refractivity contribution in [1.82, 2.24) is 9.78 Å². The minimum atomic E-state index is -0.426. The lowest BCUT2D eigenvalue weighted by Crippen LogP contribution is -2.25. The number of nitrogens with zero attached hydrogens (tertiary/aromatic N) is 2. The Hall–Kier alpha value is -1.08. The monoisotopic (exact) mass is 319 g/mol. The molecule has 0 bridgehead atoms. The van der Waals surface area contributed by atoms with Crippen molar-refractivity contribution in [3.05, 3.63) is 42.9 Å². The molecule has 0 saturated carbocycles. The Morgan fingerprint density at radius 3 is 2.84 bits per heavy atom. The highest BCUT2D eigenvalue weighted by atomic mass is 35.5. The Morgan fingerprint density at radius 2 is 2.21 bits per heavy atom. The van der Waals surface area contributed by atoms with Crippen LogP contribution in [0.1, 0.15) is 4.88 Å². The molecular weight excluding hydrogens is 309 g/mol. The summed E-state index contributed by atoms with van der Waals surface area (Å²) in [5.41, 5.74) is 0.0373. The lowest BCUT2D eigenvalue weighted by atomic mass is 10.4. The fourth-order valence-corrected chi connectivity index (χ4v) is 2.71. The van der Waals surface area contributed by atoms with Crippen LogP contribution in [0.2, 0.25) is 9.36 Å². The molecule has 2 N–H and O–H groups in total. The largest absolute Gasteiger partial charge is 0.394 e. The van der Waals surface area contributed by atoms with Crippen LogP contribution in [0.25, 0.3) is 0 Å². The number of aliphatic hydroxyl groups is 1. The summed E-state index contributed by atoms with van der Waals surface area (Å²) in [7, 11) is 0. The van der Waals surface area contributed by atoms with Gasteiger partial charge in [-0.3, -0.25) is 4.79 Å². The average Bonchev–Trinajstić information content (AvgIpc) is 2.80. The van der Waals surface area contributed by atoms with E-state index in [9.17, 15) is 4.79 Å². The summed E-state index contributed by atoms with van der Waals surface area (Å²) < 4.78 is 1.83. The predicted octanol–water partition coefficient (Wildman–Crippen LogP) is 2.22. The zero-order valence-corrected chi connectivity index (χ0v) is 12.1. The number of aliphatic hydroxyl groups excluding tert-OH is 1. The second kappa shape index (κ2) is 6.38. The molecule has 2 aromatic rings. The van der Waals surface area contributed by atoms with Gasteiger partial charge in [-0.2, -0.15) is 5.10 Å². The van der Waals surface area contributed by atoms with E-state index in [2.05, 4.69) is 10.4 Å². The SMILES string of the molecule is O=c1c(Cl)c(NCc2ccc(Cl)s2)cnn1CCO. The first kappa shape index (κ1) is 14.3. The number of hydrogen-bond acceptors (Lipinski definition) is 5. The summed E-state index contributed by atoms with van der Waals surface area (Å²) in [6.07, 6.45) is 1.47. The third-order valence-electron chi connectivity index (χ3n) is 2.38. The van der Waals surface area contributed by atoms with Crippen LogP contribution in [0.3, 0.4) is 0 Å². The van der Waals surface area contributed by atoms with Crippen molar-refractivity contribution in [1.29, 1.82) is 0 Å². The summed E-state index contributed by atoms with van der Waals surface area (Å²) in [6.45, 7) is 0.477. The number of halogens is 2. The minimum Gasteiger partial charge on any atom is -0.394 e. The fraction of sp³-hybridized carbons (Fsp3) is 0.273. The Balaban J connectivity index is 2.13. The maximum absolute atomic E-state index is 11.8. The number of nitrogens with one attached hydrogen (secondary N) is 1. The molecule has 0 atom stereocenters. The van der Waals surface area contributed by atoms with Crippen molar-refractivity contribution < 1.29 is 5.11 Å². The van der Waals surface area contributed by atoms with Gasteiger partial charge in [-0.15, -0.1) is 11.3 Å². The van der Waals surface area contributed by atoms with E-state index >= 15 is 0 Å². The molecule has 0 aromatic carbocycles. The number of thiophene rings is 1. The van der Waals surface area contributed by atoms with E-state index in [0.29, 0.717) is 16.6 Å². The van der Waals surface area contributed by atoms with Gasteiger partial charge in [0.05, 0.1) is 29.4 Å². The van der Waals surface area contributed by atoms with Crippen LogP contribution in [-0.4, -0.2) is 21.5 Å². The first-order valence-corrected chi connectivity index (χ1v) is 7.03. The smallest absolute Gasteiger partial charge is 0.287 e. The lowest BCUT2D eigenvalue weighted by Gasteiger charge is -2.08. The maximum atomic E-state index is 11.8. The van der Waals surface area contributed by atoms with Gasteiger partial charge in [-0.05, 0) is 12.1 Å². The summed E-state index contributed by atoms with van der Waals surface area (Å²) >= 11 is 13.2. The molecule has 0 saturated heterocycles. The Morgan fingerprint density at radius 1 is 1.42 bits per heavy atom. The Labute approximate surface area is 123 Å². The molecule has 2 heterocycles. The molecule has 102 valence electrons. The number of rotatable bonds is 5. The molecule has 0 fully saturated rings. The van der Waals surface area contributed by atoms with E-state index in [4.69, 9.17) is 28.3 Å². The van der Waals surface area contributed by atoms with E-state index < -0.39 is 5.56 Å². The number of anilines is 1. The molecule has 2 aromatic heterocycles. The van der Waals surface area contributed by atoms with Crippen LogP contribution in [0, 0.1) is 0 Å². The van der Waals surface area contributed by atoms with Crippen molar-refractivity contribution in [3.63, 3.8) is 0 Å². The summed E-state index contributed by atoms with van der Waals surface area (Å²) in [5, 5.41) is 15.8. The molecule has 5 nitrogen and oxygen atoms in total. The molecule has 2 rings (SSSR count). The van der Waals surface area contributed by atoms with E-state index in [0.717, 1.165) is 9.56 Å². The zero-order chi connectivity index (χ0) is 13.8. The van der Waals surface area contributed by atoms with Crippen LogP contribution in [0.5, 0.6) is 0 Å². The van der Waals surface area contributed by atoms with E-state index in [-0.39, 0.29) is 18.2 Å². The molecular formula is C11H11Cl2N3O2S. The van der Waals surface area contributed by atoms with Gasteiger partial charge in [0.2, 0.25) is 0 Å². The average molecular weight is 320 g/mol.